The van der Waals surface area contributed by atoms with Gasteiger partial charge in [-0.3, -0.25) is 4.79 Å². The molecule has 0 aromatic heterocycles. The van der Waals surface area contributed by atoms with Gasteiger partial charge in [0, 0.05) is 5.69 Å². The van der Waals surface area contributed by atoms with E-state index in [0.29, 0.717) is 34.4 Å². The van der Waals surface area contributed by atoms with E-state index in [9.17, 15) is 4.79 Å². The summed E-state index contributed by atoms with van der Waals surface area (Å²) in [6.07, 6.45) is -1.15. The summed E-state index contributed by atoms with van der Waals surface area (Å²) < 4.78 is 22.8. The highest BCUT2D eigenvalue weighted by Crippen LogP contribution is 2.34. The van der Waals surface area contributed by atoms with E-state index in [4.69, 9.17) is 18.9 Å². The van der Waals surface area contributed by atoms with E-state index in [2.05, 4.69) is 5.32 Å². The molecule has 6 heteroatoms. The second-order valence-electron chi connectivity index (χ2n) is 6.57. The predicted molar refractivity (Wildman–Crippen MR) is 109 cm³/mol. The fraction of sp³-hybridized carbons (Fsp3) is 0.174. The Hall–Kier alpha value is -3.67. The van der Waals surface area contributed by atoms with Crippen LogP contribution in [-0.2, 0) is 4.79 Å². The van der Waals surface area contributed by atoms with Crippen LogP contribution in [0.5, 0.6) is 28.7 Å². The Morgan fingerprint density at radius 1 is 0.862 bits per heavy atom. The molecule has 1 amide bonds. The van der Waals surface area contributed by atoms with Crippen LogP contribution in [0.25, 0.3) is 0 Å². The van der Waals surface area contributed by atoms with E-state index < -0.39 is 12.2 Å². The molecule has 0 bridgehead atoms. The van der Waals surface area contributed by atoms with Gasteiger partial charge in [0.15, 0.2) is 23.0 Å². The number of anilines is 1. The van der Waals surface area contributed by atoms with Gasteiger partial charge < -0.3 is 24.3 Å². The Labute approximate surface area is 169 Å². The molecule has 1 aliphatic rings. The first-order valence-electron chi connectivity index (χ1n) is 9.28. The van der Waals surface area contributed by atoms with Crippen molar-refractivity contribution in [3.8, 4) is 28.7 Å². The lowest BCUT2D eigenvalue weighted by Crippen LogP contribution is -2.46. The van der Waals surface area contributed by atoms with Gasteiger partial charge in [0.25, 0.3) is 5.91 Å². The highest BCUT2D eigenvalue weighted by molar-refractivity contribution is 5.95. The number of hydrogen-bond acceptors (Lipinski definition) is 5. The van der Waals surface area contributed by atoms with Gasteiger partial charge in [-0.15, -0.1) is 0 Å². The van der Waals surface area contributed by atoms with Crippen molar-refractivity contribution in [3.63, 3.8) is 0 Å². The monoisotopic (exact) mass is 391 g/mol. The van der Waals surface area contributed by atoms with Crippen molar-refractivity contribution in [1.29, 1.82) is 0 Å². The maximum absolute atomic E-state index is 12.7. The molecule has 0 saturated carbocycles. The number of carbonyl (C=O) groups is 1. The van der Waals surface area contributed by atoms with Crippen LogP contribution in [-0.4, -0.2) is 25.2 Å². The van der Waals surface area contributed by atoms with Crippen molar-refractivity contribution in [2.24, 2.45) is 0 Å². The first kappa shape index (κ1) is 18.7. The summed E-state index contributed by atoms with van der Waals surface area (Å²) in [6.45, 7) is 1.81. The van der Waals surface area contributed by atoms with Gasteiger partial charge in [-0.25, -0.2) is 0 Å². The molecule has 1 heterocycles. The highest BCUT2D eigenvalue weighted by Gasteiger charge is 2.34. The molecule has 0 spiro atoms. The molecule has 29 heavy (non-hydrogen) atoms. The zero-order valence-electron chi connectivity index (χ0n) is 16.1. The molecular weight excluding hydrogens is 370 g/mol. The maximum Gasteiger partial charge on any atom is 0.269 e. The lowest BCUT2D eigenvalue weighted by atomic mass is 10.1. The topological polar surface area (TPSA) is 66.0 Å². The van der Waals surface area contributed by atoms with Gasteiger partial charge >= 0.3 is 0 Å². The van der Waals surface area contributed by atoms with Gasteiger partial charge in [-0.2, -0.15) is 0 Å². The Morgan fingerprint density at radius 2 is 1.48 bits per heavy atom. The molecule has 1 aliphatic heterocycles. The summed E-state index contributed by atoms with van der Waals surface area (Å²) in [5, 5.41) is 2.86. The number of hydrogen-bond donors (Lipinski definition) is 1. The van der Waals surface area contributed by atoms with Crippen LogP contribution in [0.2, 0.25) is 0 Å². The third-order valence-corrected chi connectivity index (χ3v) is 4.52. The molecule has 3 aromatic rings. The fourth-order valence-corrected chi connectivity index (χ4v) is 3.06. The van der Waals surface area contributed by atoms with Crippen LogP contribution in [0, 0.1) is 0 Å². The molecule has 0 aliphatic carbocycles. The van der Waals surface area contributed by atoms with Gasteiger partial charge in [0.1, 0.15) is 11.9 Å². The average Bonchev–Trinajstić information content (AvgIpc) is 2.75. The minimum Gasteiger partial charge on any atom is -0.493 e. The van der Waals surface area contributed by atoms with E-state index in [1.165, 1.54) is 0 Å². The number of rotatable bonds is 5. The zero-order chi connectivity index (χ0) is 20.2. The molecule has 2 atom stereocenters. The highest BCUT2D eigenvalue weighted by atomic mass is 16.6. The molecule has 0 radical (unpaired) electrons. The van der Waals surface area contributed by atoms with Crippen LogP contribution < -0.4 is 24.3 Å². The molecule has 6 nitrogen and oxygen atoms in total. The number of benzene rings is 3. The summed E-state index contributed by atoms with van der Waals surface area (Å²) in [5.41, 5.74) is 0.636. The van der Waals surface area contributed by atoms with Crippen LogP contribution in [0.1, 0.15) is 6.92 Å². The second-order valence-corrected chi connectivity index (χ2v) is 6.57. The van der Waals surface area contributed by atoms with Gasteiger partial charge in [-0.05, 0) is 55.5 Å². The van der Waals surface area contributed by atoms with Gasteiger partial charge in [0.2, 0.25) is 6.10 Å². The fourth-order valence-electron chi connectivity index (χ4n) is 3.06. The molecular formula is C23H21NO5. The van der Waals surface area contributed by atoms with E-state index in [0.717, 1.165) is 0 Å². The van der Waals surface area contributed by atoms with Gasteiger partial charge in [-0.1, -0.05) is 24.3 Å². The summed E-state index contributed by atoms with van der Waals surface area (Å²) in [5.74, 6) is 2.83. The van der Waals surface area contributed by atoms with E-state index in [1.54, 1.807) is 37.4 Å². The Balaban J connectivity index is 1.42. The van der Waals surface area contributed by atoms with E-state index in [-0.39, 0.29) is 5.91 Å². The lowest BCUT2D eigenvalue weighted by Gasteiger charge is -2.31. The largest absolute Gasteiger partial charge is 0.493 e. The summed E-state index contributed by atoms with van der Waals surface area (Å²) in [4.78, 5) is 12.7. The number of fused-ring (bicyclic) bond motifs is 1. The number of methoxy groups -OCH3 is 1. The minimum absolute atomic E-state index is 0.273. The molecule has 148 valence electrons. The molecule has 0 fully saturated rings. The van der Waals surface area contributed by atoms with E-state index >= 15 is 0 Å². The number of carbonyl (C=O) groups excluding carboxylic acids is 1. The van der Waals surface area contributed by atoms with Crippen molar-refractivity contribution in [3.05, 3.63) is 72.8 Å². The predicted octanol–water partition coefficient (Wildman–Crippen LogP) is 4.65. The average molecular weight is 391 g/mol. The summed E-state index contributed by atoms with van der Waals surface area (Å²) in [7, 11) is 1.59. The molecule has 0 unspecified atom stereocenters. The Kier molecular flexibility index (Phi) is 5.24. The SMILES string of the molecule is COc1ccccc1Oc1ccc(NC(=O)[C@@H]2Oc3ccccc3O[C@H]2C)cc1. The van der Waals surface area contributed by atoms with Crippen molar-refractivity contribution in [2.75, 3.05) is 12.4 Å². The smallest absolute Gasteiger partial charge is 0.269 e. The third-order valence-electron chi connectivity index (χ3n) is 4.52. The van der Waals surface area contributed by atoms with Crippen LogP contribution >= 0.6 is 0 Å². The molecule has 0 saturated heterocycles. The zero-order valence-corrected chi connectivity index (χ0v) is 16.1. The Morgan fingerprint density at radius 3 is 2.17 bits per heavy atom. The number of ether oxygens (including phenoxy) is 4. The first-order chi connectivity index (χ1) is 14.1. The molecule has 3 aromatic carbocycles. The van der Waals surface area contributed by atoms with Crippen molar-refractivity contribution < 1.29 is 23.7 Å². The molecule has 4 rings (SSSR count). The quantitative estimate of drug-likeness (QED) is 0.686. The third kappa shape index (κ3) is 4.11. The van der Waals surface area contributed by atoms with Crippen LogP contribution in [0.15, 0.2) is 72.8 Å². The Bertz CT molecular complexity index is 1000. The van der Waals surface area contributed by atoms with E-state index in [1.807, 2.05) is 49.4 Å². The van der Waals surface area contributed by atoms with Crippen molar-refractivity contribution in [2.45, 2.75) is 19.1 Å². The van der Waals surface area contributed by atoms with Crippen molar-refractivity contribution in [1.82, 2.24) is 0 Å². The van der Waals surface area contributed by atoms with Crippen molar-refractivity contribution >= 4 is 11.6 Å². The lowest BCUT2D eigenvalue weighted by molar-refractivity contribution is -0.128. The van der Waals surface area contributed by atoms with Crippen LogP contribution in [0.3, 0.4) is 0 Å². The van der Waals surface area contributed by atoms with Gasteiger partial charge in [0.05, 0.1) is 7.11 Å². The standard InChI is InChI=1S/C23H21NO5/c1-15-22(29-21-10-6-5-9-20(21)27-15)23(25)24-16-11-13-17(14-12-16)28-19-8-4-3-7-18(19)26-2/h3-15,22H,1-2H3,(H,24,25)/t15-,22+/m0/s1. The number of amides is 1. The normalized spacial score (nSPS) is 17.3. The van der Waals surface area contributed by atoms with Crippen LogP contribution in [0.4, 0.5) is 5.69 Å². The number of nitrogens with one attached hydrogen (secondary N) is 1. The minimum atomic E-state index is -0.741. The molecule has 1 N–H and O–H groups in total. The number of para-hydroxylation sites is 4. The maximum atomic E-state index is 12.7. The summed E-state index contributed by atoms with van der Waals surface area (Å²) >= 11 is 0. The second kappa shape index (κ2) is 8.14. The summed E-state index contributed by atoms with van der Waals surface area (Å²) in [6, 6.07) is 21.8. The first-order valence-corrected chi connectivity index (χ1v) is 9.28.